The highest BCUT2D eigenvalue weighted by Gasteiger charge is 2.31. The third-order valence-electron chi connectivity index (χ3n) is 7.22. The number of ether oxygens (including phenoxy) is 3. The number of thiophene rings is 1. The highest BCUT2D eigenvalue weighted by molar-refractivity contribution is 7.17. The molecular weight excluding hydrogens is 542 g/mol. The number of carbonyl (C=O) groups is 3. The quantitative estimate of drug-likeness (QED) is 0.229. The number of benzene rings is 2. The van der Waals surface area contributed by atoms with Crippen LogP contribution in [0.15, 0.2) is 42.5 Å². The van der Waals surface area contributed by atoms with Crippen LogP contribution in [-0.2, 0) is 27.1 Å². The van der Waals surface area contributed by atoms with Crippen LogP contribution in [0.4, 0.5) is 5.00 Å². The van der Waals surface area contributed by atoms with Crippen molar-refractivity contribution in [3.8, 4) is 17.1 Å². The molecule has 2 unspecified atom stereocenters. The monoisotopic (exact) mass is 575 g/mol. The van der Waals surface area contributed by atoms with Crippen molar-refractivity contribution in [3.05, 3.63) is 64.0 Å². The van der Waals surface area contributed by atoms with Gasteiger partial charge in [-0.25, -0.2) is 14.6 Å². The highest BCUT2D eigenvalue weighted by Crippen LogP contribution is 2.40. The first-order chi connectivity index (χ1) is 19.8. The summed E-state index contributed by atoms with van der Waals surface area (Å²) in [6.07, 6.45) is 1.82. The number of amides is 1. The van der Waals surface area contributed by atoms with Crippen LogP contribution in [0.1, 0.15) is 64.8 Å². The van der Waals surface area contributed by atoms with Crippen molar-refractivity contribution in [2.24, 2.45) is 5.92 Å². The molecule has 1 aliphatic carbocycles. The number of anilines is 1. The van der Waals surface area contributed by atoms with Crippen LogP contribution in [0.25, 0.3) is 22.4 Å². The summed E-state index contributed by atoms with van der Waals surface area (Å²) < 4.78 is 16.2. The molecular formula is C31H33N3O6S. The molecule has 4 aromatic rings. The summed E-state index contributed by atoms with van der Waals surface area (Å²) in [6, 6.07) is 12.5. The van der Waals surface area contributed by atoms with Crippen LogP contribution in [0, 0.1) is 5.92 Å². The van der Waals surface area contributed by atoms with Crippen LogP contribution < -0.4 is 10.1 Å². The number of nitrogens with zero attached hydrogens (tertiary/aromatic N) is 1. The topological polar surface area (TPSA) is 120 Å². The average molecular weight is 576 g/mol. The molecule has 0 fully saturated rings. The molecule has 2 aromatic heterocycles. The van der Waals surface area contributed by atoms with E-state index in [4.69, 9.17) is 14.2 Å². The van der Waals surface area contributed by atoms with Gasteiger partial charge < -0.3 is 24.5 Å². The van der Waals surface area contributed by atoms with E-state index in [1.807, 2.05) is 24.3 Å². The van der Waals surface area contributed by atoms with Crippen molar-refractivity contribution >= 4 is 45.2 Å². The smallest absolute Gasteiger partial charge is 0.341 e. The minimum absolute atomic E-state index is 0.241. The fourth-order valence-electron chi connectivity index (χ4n) is 4.99. The van der Waals surface area contributed by atoms with Gasteiger partial charge in [0.1, 0.15) is 16.6 Å². The van der Waals surface area contributed by atoms with E-state index in [1.54, 1.807) is 39.2 Å². The van der Waals surface area contributed by atoms with Gasteiger partial charge in [-0.1, -0.05) is 13.8 Å². The van der Waals surface area contributed by atoms with Crippen molar-refractivity contribution in [1.82, 2.24) is 9.97 Å². The molecule has 0 radical (unpaired) electrons. The van der Waals surface area contributed by atoms with Gasteiger partial charge in [0.25, 0.3) is 5.91 Å². The number of H-pyrrole nitrogens is 1. The molecule has 9 nitrogen and oxygen atoms in total. The van der Waals surface area contributed by atoms with Gasteiger partial charge in [0.15, 0.2) is 6.10 Å². The summed E-state index contributed by atoms with van der Waals surface area (Å²) in [7, 11) is 1.61. The maximum atomic E-state index is 13.3. The molecule has 0 saturated carbocycles. The predicted octanol–water partition coefficient (Wildman–Crippen LogP) is 6.18. The molecule has 2 aromatic carbocycles. The van der Waals surface area contributed by atoms with Gasteiger partial charge in [-0.3, -0.25) is 4.79 Å². The molecule has 0 saturated heterocycles. The molecule has 2 N–H and O–H groups in total. The van der Waals surface area contributed by atoms with Crippen molar-refractivity contribution in [3.63, 3.8) is 0 Å². The maximum Gasteiger partial charge on any atom is 0.341 e. The number of hydrogen-bond acceptors (Lipinski definition) is 8. The number of aromatic amines is 1. The Morgan fingerprint density at radius 1 is 1.12 bits per heavy atom. The van der Waals surface area contributed by atoms with Crippen molar-refractivity contribution in [2.75, 3.05) is 19.0 Å². The molecule has 1 amide bonds. The number of imidazole rings is 1. The Bertz CT molecular complexity index is 1590. The Balaban J connectivity index is 1.32. The maximum absolute atomic E-state index is 13.3. The summed E-state index contributed by atoms with van der Waals surface area (Å²) in [6.45, 7) is 5.94. The first-order valence-corrected chi connectivity index (χ1v) is 14.6. The van der Waals surface area contributed by atoms with Gasteiger partial charge >= 0.3 is 11.9 Å². The van der Waals surface area contributed by atoms with Crippen LogP contribution in [-0.4, -0.2) is 47.6 Å². The molecule has 214 valence electrons. The van der Waals surface area contributed by atoms with E-state index >= 15 is 0 Å². The Hall–Kier alpha value is -4.18. The van der Waals surface area contributed by atoms with Gasteiger partial charge in [0.05, 0.1) is 35.9 Å². The third kappa shape index (κ3) is 5.97. The van der Waals surface area contributed by atoms with E-state index in [0.29, 0.717) is 38.9 Å². The van der Waals surface area contributed by atoms with Crippen molar-refractivity contribution in [2.45, 2.75) is 52.6 Å². The van der Waals surface area contributed by atoms with Gasteiger partial charge in [-0.2, -0.15) is 0 Å². The second kappa shape index (κ2) is 12.1. The Kier molecular flexibility index (Phi) is 8.39. The predicted molar refractivity (Wildman–Crippen MR) is 158 cm³/mol. The van der Waals surface area contributed by atoms with Crippen LogP contribution in [0.2, 0.25) is 0 Å². The van der Waals surface area contributed by atoms with Crippen LogP contribution in [0.3, 0.4) is 0 Å². The number of methoxy groups -OCH3 is 1. The number of esters is 2. The zero-order valence-corrected chi connectivity index (χ0v) is 24.4. The number of aromatic nitrogens is 2. The molecule has 41 heavy (non-hydrogen) atoms. The first-order valence-electron chi connectivity index (χ1n) is 13.8. The number of carbonyl (C=O) groups excluding carboxylic acids is 3. The minimum Gasteiger partial charge on any atom is -0.497 e. The largest absolute Gasteiger partial charge is 0.497 e. The zero-order valence-electron chi connectivity index (χ0n) is 23.5. The van der Waals surface area contributed by atoms with E-state index < -0.39 is 23.9 Å². The lowest BCUT2D eigenvalue weighted by Gasteiger charge is -2.18. The minimum atomic E-state index is -1.04. The lowest BCUT2D eigenvalue weighted by atomic mass is 9.88. The van der Waals surface area contributed by atoms with Gasteiger partial charge in [-0.15, -0.1) is 11.3 Å². The fraction of sp³-hybridized carbons (Fsp3) is 0.355. The zero-order chi connectivity index (χ0) is 29.1. The standard InChI is InChI=1S/C31H33N3O6S/c1-5-24(28(35)34-29-26(31(37)39-6-2)21-13-7-17(3)15-25(21)41-29)40-30(36)19-10-14-22-23(16-19)33-27(32-22)18-8-11-20(38-4)12-9-18/h8-12,14,16-17,24H,5-7,13,15H2,1-4H3,(H,32,33)(H,34,35). The number of nitrogens with one attached hydrogen (secondary N) is 2. The molecule has 5 rings (SSSR count). The Morgan fingerprint density at radius 3 is 2.61 bits per heavy atom. The summed E-state index contributed by atoms with van der Waals surface area (Å²) in [4.78, 5) is 48.1. The van der Waals surface area contributed by atoms with E-state index in [9.17, 15) is 14.4 Å². The number of fused-ring (bicyclic) bond motifs is 2. The summed E-state index contributed by atoms with van der Waals surface area (Å²) in [5.41, 5.74) is 3.90. The Morgan fingerprint density at radius 2 is 1.90 bits per heavy atom. The summed E-state index contributed by atoms with van der Waals surface area (Å²) in [5.74, 6) is 0.353. The normalized spacial score (nSPS) is 15.2. The van der Waals surface area contributed by atoms with Gasteiger partial charge in [-0.05, 0) is 86.6 Å². The van der Waals surface area contributed by atoms with Crippen molar-refractivity contribution < 1.29 is 28.6 Å². The van der Waals surface area contributed by atoms with Crippen molar-refractivity contribution in [1.29, 1.82) is 0 Å². The second-order valence-corrected chi connectivity index (χ2v) is 11.2. The van der Waals surface area contributed by atoms with Crippen LogP contribution >= 0.6 is 11.3 Å². The third-order valence-corrected chi connectivity index (χ3v) is 8.39. The molecule has 0 bridgehead atoms. The number of rotatable bonds is 9. The van der Waals surface area contributed by atoms with Gasteiger partial charge in [0.2, 0.25) is 0 Å². The summed E-state index contributed by atoms with van der Waals surface area (Å²) >= 11 is 1.40. The molecule has 2 heterocycles. The summed E-state index contributed by atoms with van der Waals surface area (Å²) in [5, 5.41) is 3.32. The fourth-order valence-corrected chi connectivity index (χ4v) is 6.39. The van der Waals surface area contributed by atoms with Gasteiger partial charge in [0, 0.05) is 10.4 Å². The number of hydrogen-bond donors (Lipinski definition) is 2. The molecule has 0 spiro atoms. The van der Waals surface area contributed by atoms with E-state index in [0.717, 1.165) is 41.0 Å². The molecule has 10 heteroatoms. The average Bonchev–Trinajstić information content (AvgIpc) is 3.56. The second-order valence-electron chi connectivity index (χ2n) is 10.1. The van der Waals surface area contributed by atoms with E-state index in [1.165, 1.54) is 11.3 Å². The lowest BCUT2D eigenvalue weighted by Crippen LogP contribution is -2.32. The SMILES string of the molecule is CCOC(=O)c1c(NC(=O)C(CC)OC(=O)c2ccc3nc(-c4ccc(OC)cc4)[nH]c3c2)sc2c1CCC(C)C2. The lowest BCUT2D eigenvalue weighted by molar-refractivity contribution is -0.124. The first kappa shape index (κ1) is 28.4. The van der Waals surface area contributed by atoms with E-state index in [-0.39, 0.29) is 13.0 Å². The molecule has 0 aliphatic heterocycles. The van der Waals surface area contributed by atoms with E-state index in [2.05, 4.69) is 22.2 Å². The highest BCUT2D eigenvalue weighted by atomic mass is 32.1. The molecule has 2 atom stereocenters. The van der Waals surface area contributed by atoms with Crippen LogP contribution in [0.5, 0.6) is 5.75 Å². The Labute approximate surface area is 242 Å². The molecule has 1 aliphatic rings.